The molecule has 0 radical (unpaired) electrons. The summed E-state index contributed by atoms with van der Waals surface area (Å²) in [6.45, 7) is 11.0. The minimum absolute atomic E-state index is 0.0184. The van der Waals surface area contributed by atoms with Crippen molar-refractivity contribution in [3.8, 4) is 11.5 Å². The smallest absolute Gasteiger partial charge is 0.241 e. The standard InChI is InChI=1S/C35H37N3O6S/c1-19-17-20(2)34(45(42,43)37-15-16-39)21(3)31(19)38-26-18-27(44-23-13-11-22(12-14-23)35(4,5)6)30(36)29-28(26)32(40)24-9-7-8-10-25(24)33(29)41/h7-14,17-18,37-39H,15-16,36H2,1-6H3. The van der Waals surface area contributed by atoms with Crippen molar-refractivity contribution >= 4 is 38.7 Å². The lowest BCUT2D eigenvalue weighted by molar-refractivity contribution is 0.0980. The molecular formula is C35H37N3O6S. The molecule has 0 amide bonds. The fourth-order valence-corrected chi connectivity index (χ4v) is 7.28. The number of hydrogen-bond donors (Lipinski definition) is 4. The fourth-order valence-electron chi connectivity index (χ4n) is 5.79. The van der Waals surface area contributed by atoms with Crippen molar-refractivity contribution in [1.82, 2.24) is 4.72 Å². The zero-order valence-corrected chi connectivity index (χ0v) is 27.0. The summed E-state index contributed by atoms with van der Waals surface area (Å²) in [5.41, 5.74) is 10.6. The number of rotatable bonds is 8. The third kappa shape index (κ3) is 5.84. The minimum Gasteiger partial charge on any atom is -0.455 e. The molecule has 0 fully saturated rings. The summed E-state index contributed by atoms with van der Waals surface area (Å²) in [6, 6.07) is 17.4. The van der Waals surface area contributed by atoms with Gasteiger partial charge in [-0.05, 0) is 60.6 Å². The molecule has 1 aliphatic carbocycles. The summed E-state index contributed by atoms with van der Waals surface area (Å²) in [7, 11) is -3.98. The van der Waals surface area contributed by atoms with Crippen LogP contribution in [0.1, 0.15) is 74.9 Å². The van der Waals surface area contributed by atoms with Gasteiger partial charge in [-0.2, -0.15) is 0 Å². The van der Waals surface area contributed by atoms with Crippen LogP contribution in [0, 0.1) is 20.8 Å². The van der Waals surface area contributed by atoms with Crippen molar-refractivity contribution < 1.29 is 27.9 Å². The van der Waals surface area contributed by atoms with E-state index in [0.717, 1.165) is 5.56 Å². The third-order valence-electron chi connectivity index (χ3n) is 7.98. The number of benzene rings is 4. The summed E-state index contributed by atoms with van der Waals surface area (Å²) < 4.78 is 35.1. The molecule has 45 heavy (non-hydrogen) atoms. The van der Waals surface area contributed by atoms with Crippen LogP contribution in [0.3, 0.4) is 0 Å². The molecule has 0 aliphatic heterocycles. The molecule has 4 aromatic carbocycles. The maximum absolute atomic E-state index is 14.0. The van der Waals surface area contributed by atoms with Crippen LogP contribution in [0.25, 0.3) is 0 Å². The van der Waals surface area contributed by atoms with Gasteiger partial charge in [-0.1, -0.05) is 63.2 Å². The van der Waals surface area contributed by atoms with Crippen LogP contribution in [0.15, 0.2) is 65.6 Å². The van der Waals surface area contributed by atoms with Gasteiger partial charge in [0.1, 0.15) is 5.75 Å². The molecule has 234 valence electrons. The van der Waals surface area contributed by atoms with Gasteiger partial charge in [-0.25, -0.2) is 13.1 Å². The number of aliphatic hydroxyl groups is 1. The Labute approximate surface area is 263 Å². The molecule has 0 saturated heterocycles. The van der Waals surface area contributed by atoms with Crippen LogP contribution >= 0.6 is 0 Å². The second-order valence-corrected chi connectivity index (χ2v) is 14.0. The Kier molecular flexibility index (Phi) is 8.35. The van der Waals surface area contributed by atoms with Gasteiger partial charge in [0, 0.05) is 29.4 Å². The maximum atomic E-state index is 14.0. The van der Waals surface area contributed by atoms with Gasteiger partial charge in [-0.3, -0.25) is 9.59 Å². The predicted octanol–water partition coefficient (Wildman–Crippen LogP) is 6.07. The summed E-state index contributed by atoms with van der Waals surface area (Å²) in [5.74, 6) is -0.153. The Morgan fingerprint density at radius 3 is 2.04 bits per heavy atom. The van der Waals surface area contributed by atoms with Crippen molar-refractivity contribution in [2.24, 2.45) is 0 Å². The van der Waals surface area contributed by atoms with Gasteiger partial charge in [-0.15, -0.1) is 0 Å². The van der Waals surface area contributed by atoms with Gasteiger partial charge in [0.2, 0.25) is 10.0 Å². The van der Waals surface area contributed by atoms with E-state index in [2.05, 4.69) is 30.8 Å². The summed E-state index contributed by atoms with van der Waals surface area (Å²) in [5, 5.41) is 12.5. The number of hydrogen-bond acceptors (Lipinski definition) is 8. The monoisotopic (exact) mass is 627 g/mol. The molecule has 0 atom stereocenters. The SMILES string of the molecule is Cc1cc(C)c(S(=O)(=O)NCCO)c(C)c1Nc1cc(Oc2ccc(C(C)(C)C)cc2)c(N)c2c1C(=O)c1ccccc1C2=O. The van der Waals surface area contributed by atoms with Gasteiger partial charge >= 0.3 is 0 Å². The number of nitrogens with two attached hydrogens (primary N) is 1. The molecule has 0 bridgehead atoms. The Bertz CT molecular complexity index is 1960. The Morgan fingerprint density at radius 2 is 1.47 bits per heavy atom. The number of aryl methyl sites for hydroxylation is 2. The molecule has 0 aromatic heterocycles. The molecule has 1 aliphatic rings. The van der Waals surface area contributed by atoms with E-state index < -0.39 is 21.6 Å². The second-order valence-electron chi connectivity index (χ2n) is 12.3. The van der Waals surface area contributed by atoms with Crippen LogP contribution in [0.4, 0.5) is 17.1 Å². The molecule has 0 heterocycles. The molecule has 5 N–H and O–H groups in total. The van der Waals surface area contributed by atoms with Crippen LogP contribution in [0.2, 0.25) is 0 Å². The molecule has 9 nitrogen and oxygen atoms in total. The normalized spacial score (nSPS) is 13.0. The minimum atomic E-state index is -3.98. The van der Waals surface area contributed by atoms with E-state index in [4.69, 9.17) is 10.5 Å². The summed E-state index contributed by atoms with van der Waals surface area (Å²) >= 11 is 0. The van der Waals surface area contributed by atoms with E-state index in [1.54, 1.807) is 50.2 Å². The van der Waals surface area contributed by atoms with E-state index in [9.17, 15) is 23.1 Å². The fraction of sp³-hybridized carbons (Fsp3) is 0.257. The van der Waals surface area contributed by atoms with Crippen molar-refractivity contribution in [2.75, 3.05) is 24.2 Å². The van der Waals surface area contributed by atoms with Crippen LogP contribution in [-0.4, -0.2) is 38.2 Å². The topological polar surface area (TPSA) is 148 Å². The number of ether oxygens (including phenoxy) is 1. The zero-order valence-electron chi connectivity index (χ0n) is 26.2. The highest BCUT2D eigenvalue weighted by atomic mass is 32.2. The number of anilines is 3. The first kappa shape index (κ1) is 31.9. The highest BCUT2D eigenvalue weighted by molar-refractivity contribution is 7.89. The first-order chi connectivity index (χ1) is 21.2. The summed E-state index contributed by atoms with van der Waals surface area (Å²) in [4.78, 5) is 27.9. The molecule has 0 unspecified atom stereocenters. The maximum Gasteiger partial charge on any atom is 0.241 e. The van der Waals surface area contributed by atoms with E-state index in [1.165, 1.54) is 0 Å². The van der Waals surface area contributed by atoms with Crippen LogP contribution < -0.4 is 20.5 Å². The number of sulfonamides is 1. The highest BCUT2D eigenvalue weighted by Crippen LogP contribution is 2.44. The Morgan fingerprint density at radius 1 is 0.867 bits per heavy atom. The quantitative estimate of drug-likeness (QED) is 0.152. The number of ketones is 2. The molecule has 10 heteroatoms. The second kappa shape index (κ2) is 11.8. The zero-order chi connectivity index (χ0) is 32.8. The summed E-state index contributed by atoms with van der Waals surface area (Å²) in [6.07, 6.45) is 0. The number of aliphatic hydroxyl groups excluding tert-OH is 1. The van der Waals surface area contributed by atoms with Crippen molar-refractivity contribution in [1.29, 1.82) is 0 Å². The molecule has 4 aromatic rings. The molecular weight excluding hydrogens is 590 g/mol. The van der Waals surface area contributed by atoms with Crippen molar-refractivity contribution in [2.45, 2.75) is 51.9 Å². The van der Waals surface area contributed by atoms with E-state index in [-0.39, 0.29) is 62.8 Å². The average Bonchev–Trinajstić information content (AvgIpc) is 2.97. The lowest BCUT2D eigenvalue weighted by Gasteiger charge is -2.26. The number of carbonyl (C=O) groups is 2. The molecule has 0 saturated carbocycles. The predicted molar refractivity (Wildman–Crippen MR) is 176 cm³/mol. The number of nitrogen functional groups attached to an aromatic ring is 1. The van der Waals surface area contributed by atoms with E-state index in [1.807, 2.05) is 31.2 Å². The van der Waals surface area contributed by atoms with Crippen LogP contribution in [0.5, 0.6) is 11.5 Å². The van der Waals surface area contributed by atoms with Crippen molar-refractivity contribution in [3.05, 3.63) is 105 Å². The average molecular weight is 628 g/mol. The number of nitrogens with one attached hydrogen (secondary N) is 2. The number of carbonyl (C=O) groups excluding carboxylic acids is 2. The van der Waals surface area contributed by atoms with Crippen molar-refractivity contribution in [3.63, 3.8) is 0 Å². The lowest BCUT2D eigenvalue weighted by Crippen LogP contribution is -2.28. The number of fused-ring (bicyclic) bond motifs is 2. The first-order valence-electron chi connectivity index (χ1n) is 14.6. The molecule has 0 spiro atoms. The first-order valence-corrected chi connectivity index (χ1v) is 16.1. The molecule has 5 rings (SSSR count). The Hall–Kier alpha value is -4.51. The van der Waals surface area contributed by atoms with Gasteiger partial charge in [0.05, 0.1) is 34.0 Å². The van der Waals surface area contributed by atoms with E-state index >= 15 is 0 Å². The largest absolute Gasteiger partial charge is 0.455 e. The third-order valence-corrected chi connectivity index (χ3v) is 9.73. The van der Waals surface area contributed by atoms with Gasteiger partial charge < -0.3 is 20.9 Å². The van der Waals surface area contributed by atoms with Gasteiger partial charge in [0.25, 0.3) is 0 Å². The lowest BCUT2D eigenvalue weighted by atomic mass is 9.82. The van der Waals surface area contributed by atoms with Gasteiger partial charge in [0.15, 0.2) is 17.3 Å². The Balaban J connectivity index is 1.70. The highest BCUT2D eigenvalue weighted by Gasteiger charge is 2.36. The van der Waals surface area contributed by atoms with E-state index in [0.29, 0.717) is 28.1 Å². The van der Waals surface area contributed by atoms with Crippen LogP contribution in [-0.2, 0) is 15.4 Å².